The van der Waals surface area contributed by atoms with Gasteiger partial charge in [0.25, 0.3) is 0 Å². The number of fused-ring (bicyclic) bond motifs is 1. The highest BCUT2D eigenvalue weighted by Crippen LogP contribution is 2.77. The smallest absolute Gasteiger partial charge is 0.00388 e. The molecule has 118 valence electrons. The Morgan fingerprint density at radius 1 is 1.43 bits per heavy atom. The maximum absolute atomic E-state index is 6.04. The number of nitrogens with two attached hydrogens (primary N) is 1. The Morgan fingerprint density at radius 2 is 2.10 bits per heavy atom. The third kappa shape index (κ3) is 4.85. The largest absolute Gasteiger partial charge is 0.328 e. The van der Waals surface area contributed by atoms with Gasteiger partial charge in [-0.2, -0.15) is 0 Å². The van der Waals surface area contributed by atoms with Crippen molar-refractivity contribution in [3.63, 3.8) is 0 Å². The van der Waals surface area contributed by atoms with Crippen molar-refractivity contribution in [3.8, 4) is 0 Å². The van der Waals surface area contributed by atoms with Crippen molar-refractivity contribution in [2.75, 3.05) is 0 Å². The van der Waals surface area contributed by atoms with Crippen molar-refractivity contribution in [1.29, 1.82) is 0 Å². The Bertz CT molecular complexity index is 423. The molecule has 2 N–H and O–H groups in total. The third-order valence-electron chi connectivity index (χ3n) is 5.40. The lowest BCUT2D eigenvalue weighted by Gasteiger charge is -2.17. The summed E-state index contributed by atoms with van der Waals surface area (Å²) in [6, 6.07) is 0.346. The van der Waals surface area contributed by atoms with Crippen molar-refractivity contribution >= 4 is 0 Å². The first-order valence-electron chi connectivity index (χ1n) is 8.73. The van der Waals surface area contributed by atoms with Gasteiger partial charge in [-0.3, -0.25) is 0 Å². The Morgan fingerprint density at radius 3 is 2.62 bits per heavy atom. The second kappa shape index (κ2) is 6.96. The summed E-state index contributed by atoms with van der Waals surface area (Å²) in [5.74, 6) is 1.74. The number of hydrogen-bond acceptors (Lipinski definition) is 1. The van der Waals surface area contributed by atoms with Crippen LogP contribution in [0.15, 0.2) is 36.0 Å². The van der Waals surface area contributed by atoms with Crippen LogP contribution in [0.25, 0.3) is 0 Å². The molecule has 0 aliphatic heterocycles. The quantitative estimate of drug-likeness (QED) is 0.423. The minimum atomic E-state index is 0.346. The average molecular weight is 287 g/mol. The Labute approximate surface area is 131 Å². The number of allylic oxidation sites excluding steroid dienone is 5. The molecule has 0 aromatic rings. The lowest BCUT2D eigenvalue weighted by Crippen LogP contribution is -2.21. The molecular formula is C20H33N. The van der Waals surface area contributed by atoms with Gasteiger partial charge in [-0.1, -0.05) is 44.2 Å². The first-order valence-corrected chi connectivity index (χ1v) is 8.73. The van der Waals surface area contributed by atoms with E-state index >= 15 is 0 Å². The van der Waals surface area contributed by atoms with Gasteiger partial charge in [0, 0.05) is 6.04 Å². The molecule has 0 amide bonds. The molecule has 2 rings (SSSR count). The maximum Gasteiger partial charge on any atom is 0.00388 e. The van der Waals surface area contributed by atoms with Gasteiger partial charge in [0.1, 0.15) is 0 Å². The number of rotatable bonds is 10. The van der Waals surface area contributed by atoms with E-state index in [0.717, 1.165) is 37.0 Å². The highest BCUT2D eigenvalue weighted by Gasteiger charge is 2.68. The van der Waals surface area contributed by atoms with E-state index in [2.05, 4.69) is 45.6 Å². The van der Waals surface area contributed by atoms with Gasteiger partial charge in [-0.15, -0.1) is 0 Å². The lowest BCUT2D eigenvalue weighted by molar-refractivity contribution is 0.451. The lowest BCUT2D eigenvalue weighted by atomic mass is 9.91. The summed E-state index contributed by atoms with van der Waals surface area (Å²) in [5, 5.41) is 0. The van der Waals surface area contributed by atoms with Gasteiger partial charge in [0.15, 0.2) is 0 Å². The zero-order valence-electron chi connectivity index (χ0n) is 14.2. The van der Waals surface area contributed by atoms with Gasteiger partial charge in [0.05, 0.1) is 0 Å². The van der Waals surface area contributed by atoms with Crippen LogP contribution in [0.4, 0.5) is 0 Å². The standard InChI is InChI=1S/C20H33N/c1-5-17(8-7-9-20-13-18(20)14-20)11-15(3)10-16(4)12-19(21)6-2/h5,7-8,16,18-19H,3,6,9-14,21H2,1-2,4H3/b8-7-,17-5+. The normalized spacial score (nSPS) is 30.1. The van der Waals surface area contributed by atoms with E-state index in [-0.39, 0.29) is 0 Å². The summed E-state index contributed by atoms with van der Waals surface area (Å²) in [5.41, 5.74) is 9.58. The molecule has 2 atom stereocenters. The minimum absolute atomic E-state index is 0.346. The molecule has 1 heteroatoms. The van der Waals surface area contributed by atoms with Crippen molar-refractivity contribution in [2.24, 2.45) is 23.0 Å². The Hall–Kier alpha value is -0.820. The first kappa shape index (κ1) is 16.5. The van der Waals surface area contributed by atoms with Crippen molar-refractivity contribution in [1.82, 2.24) is 0 Å². The van der Waals surface area contributed by atoms with Gasteiger partial charge in [-0.25, -0.2) is 0 Å². The molecule has 2 aliphatic rings. The van der Waals surface area contributed by atoms with Crippen LogP contribution in [0, 0.1) is 17.3 Å². The van der Waals surface area contributed by atoms with Crippen LogP contribution >= 0.6 is 0 Å². The van der Waals surface area contributed by atoms with E-state index in [1.807, 2.05) is 0 Å². The van der Waals surface area contributed by atoms with Gasteiger partial charge in [-0.05, 0) is 74.7 Å². The predicted molar refractivity (Wildman–Crippen MR) is 93.1 cm³/mol. The summed E-state index contributed by atoms with van der Waals surface area (Å²) >= 11 is 0. The van der Waals surface area contributed by atoms with Crippen molar-refractivity contribution < 1.29 is 0 Å². The topological polar surface area (TPSA) is 26.0 Å². The van der Waals surface area contributed by atoms with E-state index in [1.165, 1.54) is 30.4 Å². The fourth-order valence-corrected chi connectivity index (χ4v) is 3.46. The molecule has 0 bridgehead atoms. The molecule has 21 heavy (non-hydrogen) atoms. The summed E-state index contributed by atoms with van der Waals surface area (Å²) in [4.78, 5) is 0. The summed E-state index contributed by atoms with van der Waals surface area (Å²) in [6.07, 6.45) is 15.5. The molecule has 2 unspecified atom stereocenters. The number of hydrogen-bond donors (Lipinski definition) is 1. The SMILES string of the molecule is C=C(CC(/C=C\CC12CC1C2)=C/C)CC(C)CC(N)CC. The molecule has 2 fully saturated rings. The molecule has 0 aromatic heterocycles. The van der Waals surface area contributed by atoms with Crippen molar-refractivity contribution in [2.45, 2.75) is 71.8 Å². The Kier molecular flexibility index (Phi) is 5.48. The predicted octanol–water partition coefficient (Wildman–Crippen LogP) is 5.39. The molecule has 0 radical (unpaired) electrons. The van der Waals surface area contributed by atoms with E-state index in [0.29, 0.717) is 12.0 Å². The highest BCUT2D eigenvalue weighted by molar-refractivity contribution is 5.27. The van der Waals surface area contributed by atoms with E-state index < -0.39 is 0 Å². The average Bonchev–Trinajstić information content (AvgIpc) is 3.26. The van der Waals surface area contributed by atoms with Crippen LogP contribution < -0.4 is 5.73 Å². The molecular weight excluding hydrogens is 254 g/mol. The molecule has 2 saturated carbocycles. The zero-order chi connectivity index (χ0) is 15.5. The van der Waals surface area contributed by atoms with Crippen molar-refractivity contribution in [3.05, 3.63) is 36.0 Å². The highest BCUT2D eigenvalue weighted by atomic mass is 14.7. The zero-order valence-corrected chi connectivity index (χ0v) is 14.2. The van der Waals surface area contributed by atoms with Crippen LogP contribution in [0.1, 0.15) is 65.7 Å². The van der Waals surface area contributed by atoms with E-state index in [4.69, 9.17) is 5.73 Å². The van der Waals surface area contributed by atoms with Crippen LogP contribution in [0.2, 0.25) is 0 Å². The van der Waals surface area contributed by atoms with Crippen LogP contribution in [-0.4, -0.2) is 6.04 Å². The first-order chi connectivity index (χ1) is 9.99. The Balaban J connectivity index is 1.69. The monoisotopic (exact) mass is 287 g/mol. The van der Waals surface area contributed by atoms with Crippen LogP contribution in [-0.2, 0) is 0 Å². The molecule has 0 saturated heterocycles. The molecule has 1 nitrogen and oxygen atoms in total. The third-order valence-corrected chi connectivity index (χ3v) is 5.40. The van der Waals surface area contributed by atoms with Gasteiger partial charge < -0.3 is 5.73 Å². The molecule has 0 heterocycles. The maximum atomic E-state index is 6.04. The van der Waals surface area contributed by atoms with E-state index in [9.17, 15) is 0 Å². The second-order valence-corrected chi connectivity index (χ2v) is 7.58. The summed E-state index contributed by atoms with van der Waals surface area (Å²) in [7, 11) is 0. The second-order valence-electron chi connectivity index (χ2n) is 7.58. The molecule has 0 spiro atoms. The fraction of sp³-hybridized carbons (Fsp3) is 0.700. The molecule has 2 aliphatic carbocycles. The summed E-state index contributed by atoms with van der Waals surface area (Å²) in [6.45, 7) is 10.9. The molecule has 0 aromatic carbocycles. The minimum Gasteiger partial charge on any atom is -0.328 e. The van der Waals surface area contributed by atoms with Crippen LogP contribution in [0.5, 0.6) is 0 Å². The summed E-state index contributed by atoms with van der Waals surface area (Å²) < 4.78 is 0. The van der Waals surface area contributed by atoms with Crippen LogP contribution in [0.3, 0.4) is 0 Å². The van der Waals surface area contributed by atoms with Gasteiger partial charge >= 0.3 is 0 Å². The van der Waals surface area contributed by atoms with Gasteiger partial charge in [0.2, 0.25) is 0 Å². The fourth-order valence-electron chi connectivity index (χ4n) is 3.46. The van der Waals surface area contributed by atoms with E-state index in [1.54, 1.807) is 0 Å².